The van der Waals surface area contributed by atoms with Gasteiger partial charge in [-0.25, -0.2) is 4.39 Å². The number of carbonyl (C=O) groups excluding carboxylic acids is 1. The Morgan fingerprint density at radius 3 is 2.90 bits per heavy atom. The Bertz CT molecular complexity index is 970. The Balaban J connectivity index is 1.42. The van der Waals surface area contributed by atoms with Crippen molar-refractivity contribution in [1.29, 1.82) is 0 Å². The molecule has 2 unspecified atom stereocenters. The standard InChI is InChI=1S/C21H23FN4O2S2/c1-14(15-6-8-16(22)9-7-15)23-19(27)13-30-21-25-24-20(18-5-3-11-29-18)26(21)12-17-4-2-10-28-17/h3,5-9,11,14,17H,2,4,10,12-13H2,1H3,(H,23,27). The molecule has 0 aliphatic carbocycles. The van der Waals surface area contributed by atoms with E-state index in [0.717, 1.165) is 35.7 Å². The van der Waals surface area contributed by atoms with Gasteiger partial charge in [0, 0.05) is 6.61 Å². The quantitative estimate of drug-likeness (QED) is 0.523. The summed E-state index contributed by atoms with van der Waals surface area (Å²) in [6, 6.07) is 9.95. The van der Waals surface area contributed by atoms with Crippen molar-refractivity contribution < 1.29 is 13.9 Å². The van der Waals surface area contributed by atoms with E-state index in [1.165, 1.54) is 23.9 Å². The van der Waals surface area contributed by atoms with Crippen LogP contribution in [0.2, 0.25) is 0 Å². The molecule has 1 aliphatic heterocycles. The van der Waals surface area contributed by atoms with Crippen LogP contribution in [-0.2, 0) is 16.1 Å². The van der Waals surface area contributed by atoms with E-state index in [0.29, 0.717) is 11.7 Å². The number of nitrogens with zero attached hydrogens (tertiary/aromatic N) is 3. The minimum Gasteiger partial charge on any atom is -0.376 e. The van der Waals surface area contributed by atoms with Crippen molar-refractivity contribution in [3.05, 3.63) is 53.2 Å². The van der Waals surface area contributed by atoms with Crippen molar-refractivity contribution >= 4 is 29.0 Å². The Morgan fingerprint density at radius 1 is 1.37 bits per heavy atom. The molecule has 1 aromatic carbocycles. The van der Waals surface area contributed by atoms with E-state index in [4.69, 9.17) is 4.74 Å². The molecule has 3 aromatic rings. The third kappa shape index (κ3) is 5.08. The van der Waals surface area contributed by atoms with Crippen molar-refractivity contribution in [3.63, 3.8) is 0 Å². The van der Waals surface area contributed by atoms with E-state index in [9.17, 15) is 9.18 Å². The molecule has 1 N–H and O–H groups in total. The molecular formula is C21H23FN4O2S2. The van der Waals surface area contributed by atoms with Gasteiger partial charge >= 0.3 is 0 Å². The average Bonchev–Trinajstić information content (AvgIpc) is 3.50. The van der Waals surface area contributed by atoms with Gasteiger partial charge in [-0.1, -0.05) is 30.0 Å². The topological polar surface area (TPSA) is 69.0 Å². The molecule has 3 heterocycles. The molecule has 9 heteroatoms. The lowest BCUT2D eigenvalue weighted by atomic mass is 10.1. The lowest BCUT2D eigenvalue weighted by Gasteiger charge is -2.15. The van der Waals surface area contributed by atoms with E-state index >= 15 is 0 Å². The lowest BCUT2D eigenvalue weighted by molar-refractivity contribution is -0.119. The fourth-order valence-corrected chi connectivity index (χ4v) is 4.86. The minimum absolute atomic E-state index is 0.110. The molecule has 6 nitrogen and oxygen atoms in total. The second-order valence-corrected chi connectivity index (χ2v) is 9.05. The Labute approximate surface area is 182 Å². The molecule has 30 heavy (non-hydrogen) atoms. The number of aromatic nitrogens is 3. The van der Waals surface area contributed by atoms with E-state index in [1.807, 2.05) is 24.4 Å². The van der Waals surface area contributed by atoms with Gasteiger partial charge in [0.1, 0.15) is 5.82 Å². The van der Waals surface area contributed by atoms with Gasteiger partial charge in [0.2, 0.25) is 5.91 Å². The molecule has 1 fully saturated rings. The van der Waals surface area contributed by atoms with Crippen LogP contribution < -0.4 is 5.32 Å². The SMILES string of the molecule is CC(NC(=O)CSc1nnc(-c2cccs2)n1CC1CCCO1)c1ccc(F)cc1. The maximum absolute atomic E-state index is 13.1. The third-order valence-electron chi connectivity index (χ3n) is 4.95. The third-order valence-corrected chi connectivity index (χ3v) is 6.78. The van der Waals surface area contributed by atoms with Crippen LogP contribution in [0.1, 0.15) is 31.4 Å². The number of ether oxygens (including phenoxy) is 1. The molecule has 1 amide bonds. The maximum atomic E-state index is 13.1. The normalized spacial score (nSPS) is 17.2. The summed E-state index contributed by atoms with van der Waals surface area (Å²) in [6.07, 6.45) is 2.22. The molecule has 1 aliphatic rings. The first kappa shape index (κ1) is 21.0. The van der Waals surface area contributed by atoms with Crippen LogP contribution in [0.5, 0.6) is 0 Å². The smallest absolute Gasteiger partial charge is 0.230 e. The van der Waals surface area contributed by atoms with Gasteiger partial charge in [0.25, 0.3) is 0 Å². The molecule has 2 atom stereocenters. The number of halogens is 1. The van der Waals surface area contributed by atoms with Crippen LogP contribution in [0.4, 0.5) is 4.39 Å². The Kier molecular flexibility index (Phi) is 6.81. The van der Waals surface area contributed by atoms with Crippen molar-refractivity contribution in [2.45, 2.75) is 43.6 Å². The molecule has 2 aromatic heterocycles. The van der Waals surface area contributed by atoms with Crippen molar-refractivity contribution in [3.8, 4) is 10.7 Å². The molecule has 0 spiro atoms. The van der Waals surface area contributed by atoms with Crippen molar-refractivity contribution in [2.75, 3.05) is 12.4 Å². The summed E-state index contributed by atoms with van der Waals surface area (Å²) in [6.45, 7) is 3.34. The molecule has 4 rings (SSSR count). The first-order valence-corrected chi connectivity index (χ1v) is 11.7. The van der Waals surface area contributed by atoms with Crippen molar-refractivity contribution in [1.82, 2.24) is 20.1 Å². The summed E-state index contributed by atoms with van der Waals surface area (Å²) < 4.78 is 21.0. The van der Waals surface area contributed by atoms with Gasteiger partial charge in [-0.3, -0.25) is 9.36 Å². The average molecular weight is 447 g/mol. The number of hydrogen-bond donors (Lipinski definition) is 1. The number of thioether (sulfide) groups is 1. The predicted octanol–water partition coefficient (Wildman–Crippen LogP) is 4.29. The van der Waals surface area contributed by atoms with Gasteiger partial charge < -0.3 is 10.1 Å². The molecule has 0 saturated carbocycles. The summed E-state index contributed by atoms with van der Waals surface area (Å²) in [5.74, 6) is 0.629. The predicted molar refractivity (Wildman–Crippen MR) is 116 cm³/mol. The number of thiophene rings is 1. The van der Waals surface area contributed by atoms with E-state index < -0.39 is 0 Å². The zero-order valence-corrected chi connectivity index (χ0v) is 18.2. The number of carbonyl (C=O) groups is 1. The number of rotatable bonds is 8. The zero-order chi connectivity index (χ0) is 20.9. The number of hydrogen-bond acceptors (Lipinski definition) is 6. The highest BCUT2D eigenvalue weighted by Crippen LogP contribution is 2.29. The molecule has 1 saturated heterocycles. The highest BCUT2D eigenvalue weighted by atomic mass is 32.2. The van der Waals surface area contributed by atoms with E-state index in [-0.39, 0.29) is 29.6 Å². The lowest BCUT2D eigenvalue weighted by Crippen LogP contribution is -2.28. The molecule has 0 bridgehead atoms. The van der Waals surface area contributed by atoms with Gasteiger partial charge in [-0.2, -0.15) is 0 Å². The van der Waals surface area contributed by atoms with Gasteiger partial charge in [-0.15, -0.1) is 21.5 Å². The second-order valence-electron chi connectivity index (χ2n) is 7.16. The van der Waals surface area contributed by atoms with Crippen LogP contribution in [0, 0.1) is 5.82 Å². The number of benzene rings is 1. The highest BCUT2D eigenvalue weighted by Gasteiger charge is 2.22. The fraction of sp³-hybridized carbons (Fsp3) is 0.381. The second kappa shape index (κ2) is 9.72. The van der Waals surface area contributed by atoms with Crippen LogP contribution in [0.3, 0.4) is 0 Å². The minimum atomic E-state index is -0.292. The Morgan fingerprint density at radius 2 is 2.20 bits per heavy atom. The van der Waals surface area contributed by atoms with Gasteiger partial charge in [0.05, 0.1) is 29.3 Å². The van der Waals surface area contributed by atoms with Gasteiger partial charge in [-0.05, 0) is 48.9 Å². The van der Waals surface area contributed by atoms with Gasteiger partial charge in [0.15, 0.2) is 11.0 Å². The fourth-order valence-electron chi connectivity index (χ4n) is 3.39. The summed E-state index contributed by atoms with van der Waals surface area (Å²) in [7, 11) is 0. The molecule has 0 radical (unpaired) electrons. The van der Waals surface area contributed by atoms with Crippen LogP contribution in [-0.4, -0.2) is 39.1 Å². The highest BCUT2D eigenvalue weighted by molar-refractivity contribution is 7.99. The van der Waals surface area contributed by atoms with Crippen molar-refractivity contribution in [2.24, 2.45) is 0 Å². The summed E-state index contributed by atoms with van der Waals surface area (Å²) in [5, 5.41) is 14.4. The van der Waals surface area contributed by atoms with Crippen LogP contribution in [0.25, 0.3) is 10.7 Å². The monoisotopic (exact) mass is 446 g/mol. The molecule has 158 valence electrons. The summed E-state index contributed by atoms with van der Waals surface area (Å²) >= 11 is 2.98. The van der Waals surface area contributed by atoms with Crippen LogP contribution >= 0.6 is 23.1 Å². The summed E-state index contributed by atoms with van der Waals surface area (Å²) in [5.41, 5.74) is 0.858. The van der Waals surface area contributed by atoms with Crippen LogP contribution in [0.15, 0.2) is 46.9 Å². The maximum Gasteiger partial charge on any atom is 0.230 e. The first-order valence-electron chi connectivity index (χ1n) is 9.86. The number of nitrogens with one attached hydrogen (secondary N) is 1. The van der Waals surface area contributed by atoms with E-state index in [1.54, 1.807) is 23.5 Å². The zero-order valence-electron chi connectivity index (χ0n) is 16.6. The largest absolute Gasteiger partial charge is 0.376 e. The Hall–Kier alpha value is -2.23. The van der Waals surface area contributed by atoms with E-state index in [2.05, 4.69) is 20.1 Å². The molecular weight excluding hydrogens is 423 g/mol. The first-order chi connectivity index (χ1) is 14.6. The number of amides is 1. The summed E-state index contributed by atoms with van der Waals surface area (Å²) in [4.78, 5) is 13.5.